The molecule has 0 spiro atoms. The highest BCUT2D eigenvalue weighted by Gasteiger charge is 2.58. The van der Waals surface area contributed by atoms with Crippen LogP contribution in [0.15, 0.2) is 24.3 Å². The predicted octanol–water partition coefficient (Wildman–Crippen LogP) is 5.07. The van der Waals surface area contributed by atoms with E-state index in [-0.39, 0.29) is 16.2 Å². The van der Waals surface area contributed by atoms with Gasteiger partial charge < -0.3 is 0 Å². The lowest BCUT2D eigenvalue weighted by Gasteiger charge is -2.60. The van der Waals surface area contributed by atoms with E-state index in [2.05, 4.69) is 39.5 Å². The summed E-state index contributed by atoms with van der Waals surface area (Å²) in [6.07, 6.45) is 12.7. The van der Waals surface area contributed by atoms with Gasteiger partial charge in [-0.2, -0.15) is 0 Å². The molecule has 110 valence electrons. The van der Waals surface area contributed by atoms with Crippen molar-refractivity contribution in [2.75, 3.05) is 0 Å². The Hall–Kier alpha value is -0.850. The predicted molar refractivity (Wildman–Crippen MR) is 83.4 cm³/mol. The molecular formula is C19H28O. The molecule has 0 aromatic rings. The SMILES string of the molecule is C=C[C@]12CCCC=C1[C@@]1(C)CCC(=O)C(C)(C)[C@@H]1CC2. The number of hydrogen-bond acceptors (Lipinski definition) is 1. The first-order valence-corrected chi connectivity index (χ1v) is 8.25. The molecule has 0 N–H and O–H groups in total. The third kappa shape index (κ3) is 1.64. The first-order valence-electron chi connectivity index (χ1n) is 8.25. The van der Waals surface area contributed by atoms with Crippen molar-refractivity contribution in [2.45, 2.75) is 65.7 Å². The fraction of sp³-hybridized carbons (Fsp3) is 0.737. The number of allylic oxidation sites excluding steroid dienone is 3. The number of carbonyl (C=O) groups excluding carboxylic acids is 1. The highest BCUT2D eigenvalue weighted by molar-refractivity contribution is 5.85. The van der Waals surface area contributed by atoms with Crippen molar-refractivity contribution >= 4 is 5.78 Å². The van der Waals surface area contributed by atoms with Crippen LogP contribution in [0.1, 0.15) is 65.7 Å². The molecule has 2 fully saturated rings. The van der Waals surface area contributed by atoms with E-state index in [1.54, 1.807) is 5.57 Å². The summed E-state index contributed by atoms with van der Waals surface area (Å²) in [6, 6.07) is 0. The van der Waals surface area contributed by atoms with E-state index in [0.29, 0.717) is 11.7 Å². The first kappa shape index (κ1) is 14.1. The summed E-state index contributed by atoms with van der Waals surface area (Å²) in [5, 5.41) is 0. The Kier molecular flexibility index (Phi) is 3.05. The summed E-state index contributed by atoms with van der Waals surface area (Å²) >= 11 is 0. The standard InChI is InChI=1S/C19H28O/c1-5-19-11-7-6-8-15(19)18(4)12-10-16(20)17(2,3)14(18)9-13-19/h5,8,14H,1,6-7,9-13H2,2-4H3/t14-,18-,19+/m0/s1. The largest absolute Gasteiger partial charge is 0.299 e. The lowest BCUT2D eigenvalue weighted by atomic mass is 9.44. The Morgan fingerprint density at radius 2 is 2.00 bits per heavy atom. The van der Waals surface area contributed by atoms with E-state index >= 15 is 0 Å². The fourth-order valence-corrected chi connectivity index (χ4v) is 5.64. The van der Waals surface area contributed by atoms with Crippen LogP contribution in [0.4, 0.5) is 0 Å². The summed E-state index contributed by atoms with van der Waals surface area (Å²) in [6.45, 7) is 11.0. The number of rotatable bonds is 1. The second kappa shape index (κ2) is 4.32. The number of hydrogen-bond donors (Lipinski definition) is 0. The van der Waals surface area contributed by atoms with Crippen LogP contribution in [0, 0.1) is 22.2 Å². The van der Waals surface area contributed by atoms with Gasteiger partial charge >= 0.3 is 0 Å². The molecule has 1 heteroatoms. The maximum atomic E-state index is 12.4. The minimum absolute atomic E-state index is 0.154. The molecule has 3 aliphatic rings. The minimum atomic E-state index is -0.154. The molecular weight excluding hydrogens is 244 g/mol. The van der Waals surface area contributed by atoms with Gasteiger partial charge in [0.05, 0.1) is 0 Å². The van der Waals surface area contributed by atoms with E-state index in [9.17, 15) is 4.79 Å². The van der Waals surface area contributed by atoms with E-state index in [4.69, 9.17) is 0 Å². The summed E-state index contributed by atoms with van der Waals surface area (Å²) in [4.78, 5) is 12.4. The van der Waals surface area contributed by atoms with Gasteiger partial charge in [0.25, 0.3) is 0 Å². The zero-order valence-electron chi connectivity index (χ0n) is 13.3. The smallest absolute Gasteiger partial charge is 0.138 e. The molecule has 0 bridgehead atoms. The Morgan fingerprint density at radius 3 is 2.70 bits per heavy atom. The topological polar surface area (TPSA) is 17.1 Å². The lowest BCUT2D eigenvalue weighted by molar-refractivity contribution is -0.141. The van der Waals surface area contributed by atoms with Crippen molar-refractivity contribution in [1.29, 1.82) is 0 Å². The van der Waals surface area contributed by atoms with E-state index in [1.807, 2.05) is 0 Å². The van der Waals surface area contributed by atoms with Crippen LogP contribution in [0.2, 0.25) is 0 Å². The molecule has 20 heavy (non-hydrogen) atoms. The Labute approximate surface area is 123 Å². The van der Waals surface area contributed by atoms with Crippen molar-refractivity contribution in [3.8, 4) is 0 Å². The Morgan fingerprint density at radius 1 is 1.25 bits per heavy atom. The van der Waals surface area contributed by atoms with Crippen LogP contribution >= 0.6 is 0 Å². The van der Waals surface area contributed by atoms with Gasteiger partial charge in [-0.05, 0) is 49.9 Å². The van der Waals surface area contributed by atoms with Gasteiger partial charge in [0.2, 0.25) is 0 Å². The molecule has 3 atom stereocenters. The summed E-state index contributed by atoms with van der Waals surface area (Å²) in [7, 11) is 0. The molecule has 0 aliphatic heterocycles. The fourth-order valence-electron chi connectivity index (χ4n) is 5.64. The van der Waals surface area contributed by atoms with Gasteiger partial charge in [0, 0.05) is 17.3 Å². The van der Waals surface area contributed by atoms with Gasteiger partial charge in [-0.1, -0.05) is 38.5 Å². The van der Waals surface area contributed by atoms with E-state index < -0.39 is 0 Å². The van der Waals surface area contributed by atoms with Crippen molar-refractivity contribution in [1.82, 2.24) is 0 Å². The summed E-state index contributed by atoms with van der Waals surface area (Å²) in [5.74, 6) is 0.983. The molecule has 0 heterocycles. The van der Waals surface area contributed by atoms with Crippen LogP contribution in [0.25, 0.3) is 0 Å². The maximum Gasteiger partial charge on any atom is 0.138 e. The van der Waals surface area contributed by atoms with Crippen molar-refractivity contribution in [3.63, 3.8) is 0 Å². The molecule has 3 aliphatic carbocycles. The highest BCUT2D eigenvalue weighted by Crippen LogP contribution is 2.65. The lowest BCUT2D eigenvalue weighted by Crippen LogP contribution is -2.54. The quantitative estimate of drug-likeness (QED) is 0.609. The van der Waals surface area contributed by atoms with Crippen LogP contribution in [-0.2, 0) is 4.79 Å². The maximum absolute atomic E-state index is 12.4. The molecule has 0 radical (unpaired) electrons. The molecule has 2 saturated carbocycles. The monoisotopic (exact) mass is 272 g/mol. The van der Waals surface area contributed by atoms with Gasteiger partial charge in [-0.3, -0.25) is 4.79 Å². The Bertz CT molecular complexity index is 484. The third-order valence-electron chi connectivity index (χ3n) is 6.83. The number of fused-ring (bicyclic) bond motifs is 3. The van der Waals surface area contributed by atoms with Crippen molar-refractivity contribution in [3.05, 3.63) is 24.3 Å². The van der Waals surface area contributed by atoms with Crippen LogP contribution in [-0.4, -0.2) is 5.78 Å². The number of carbonyl (C=O) groups is 1. The molecule has 0 unspecified atom stereocenters. The normalized spacial score (nSPS) is 43.2. The average Bonchev–Trinajstić information content (AvgIpc) is 2.43. The van der Waals surface area contributed by atoms with Gasteiger partial charge in [-0.25, -0.2) is 0 Å². The van der Waals surface area contributed by atoms with Crippen LogP contribution in [0.5, 0.6) is 0 Å². The van der Waals surface area contributed by atoms with Gasteiger partial charge in [0.1, 0.15) is 5.78 Å². The van der Waals surface area contributed by atoms with E-state index in [0.717, 1.165) is 12.8 Å². The molecule has 0 saturated heterocycles. The summed E-state index contributed by atoms with van der Waals surface area (Å²) in [5.41, 5.74) is 1.92. The van der Waals surface area contributed by atoms with Crippen LogP contribution < -0.4 is 0 Å². The van der Waals surface area contributed by atoms with Crippen LogP contribution in [0.3, 0.4) is 0 Å². The average molecular weight is 272 g/mol. The second-order valence-electron chi connectivity index (χ2n) is 8.02. The summed E-state index contributed by atoms with van der Waals surface area (Å²) < 4.78 is 0. The second-order valence-corrected chi connectivity index (χ2v) is 8.02. The minimum Gasteiger partial charge on any atom is -0.299 e. The third-order valence-corrected chi connectivity index (χ3v) is 6.83. The highest BCUT2D eigenvalue weighted by atomic mass is 16.1. The molecule has 0 aromatic carbocycles. The number of ketones is 1. The van der Waals surface area contributed by atoms with Crippen molar-refractivity contribution < 1.29 is 4.79 Å². The van der Waals surface area contributed by atoms with E-state index in [1.165, 1.54) is 32.1 Å². The number of Topliss-reactive ketones (excluding diaryl/α,β-unsaturated/α-hetero) is 1. The first-order chi connectivity index (χ1) is 9.37. The molecule has 3 rings (SSSR count). The van der Waals surface area contributed by atoms with Gasteiger partial charge in [0.15, 0.2) is 0 Å². The molecule has 1 nitrogen and oxygen atoms in total. The molecule has 0 aromatic heterocycles. The zero-order valence-corrected chi connectivity index (χ0v) is 13.3. The van der Waals surface area contributed by atoms with Crippen molar-refractivity contribution in [2.24, 2.45) is 22.2 Å². The Balaban J connectivity index is 2.09. The molecule has 0 amide bonds. The van der Waals surface area contributed by atoms with Gasteiger partial charge in [-0.15, -0.1) is 6.58 Å². The zero-order chi connectivity index (χ0) is 14.6.